The first kappa shape index (κ1) is 26.8. The average molecular weight is 535 g/mol. The van der Waals surface area contributed by atoms with E-state index in [4.69, 9.17) is 16.7 Å². The number of carbonyl (C=O) groups is 3. The summed E-state index contributed by atoms with van der Waals surface area (Å²) in [5.41, 5.74) is -0.189. The number of hydrogen-bond donors (Lipinski definition) is 3. The first-order valence-corrected chi connectivity index (χ1v) is 11.5. The van der Waals surface area contributed by atoms with E-state index in [0.717, 1.165) is 36.0 Å². The number of alkyl halides is 3. The maximum absolute atomic E-state index is 13.2. The minimum Gasteiger partial charge on any atom is -0.478 e. The van der Waals surface area contributed by atoms with Crippen LogP contribution < -0.4 is 10.6 Å². The normalized spacial score (nSPS) is 12.2. The summed E-state index contributed by atoms with van der Waals surface area (Å²) < 4.78 is 39.4. The van der Waals surface area contributed by atoms with E-state index >= 15 is 0 Å². The van der Waals surface area contributed by atoms with E-state index in [0.29, 0.717) is 22.2 Å². The monoisotopic (exact) mass is 534 g/mol. The number of carbonyl (C=O) groups excluding carboxylic acids is 2. The number of nitrogens with one attached hydrogen (secondary N) is 2. The molecule has 0 aliphatic rings. The van der Waals surface area contributed by atoms with Crippen LogP contribution in [0, 0.1) is 0 Å². The standard InChI is InChI=1S/C25H18ClF3N2O4S/c26-19-10-9-16(25(27,28)29)13-20(19)31-24(35)23(15-5-2-1-3-6-15)36-18-8-4-7-17(14-18)30-21(32)11-12-22(33)34/h1-14,23H,(H,30,32)(H,31,35)(H,33,34)/b12-11+. The molecule has 3 aromatic carbocycles. The third-order valence-electron chi connectivity index (χ3n) is 4.62. The predicted octanol–water partition coefficient (Wildman–Crippen LogP) is 6.41. The van der Waals surface area contributed by atoms with Crippen molar-refractivity contribution >= 4 is 52.5 Å². The molecule has 0 fully saturated rings. The van der Waals surface area contributed by atoms with Gasteiger partial charge in [-0.3, -0.25) is 9.59 Å². The first-order valence-electron chi connectivity index (χ1n) is 10.2. The van der Waals surface area contributed by atoms with E-state index in [9.17, 15) is 27.6 Å². The molecule has 0 spiro atoms. The van der Waals surface area contributed by atoms with Crippen molar-refractivity contribution in [2.24, 2.45) is 0 Å². The number of hydrogen-bond acceptors (Lipinski definition) is 4. The summed E-state index contributed by atoms with van der Waals surface area (Å²) >= 11 is 7.15. The molecular formula is C25H18ClF3N2O4S. The number of anilines is 2. The highest BCUT2D eigenvalue weighted by Crippen LogP contribution is 2.39. The molecule has 0 aliphatic heterocycles. The van der Waals surface area contributed by atoms with Crippen molar-refractivity contribution in [3.63, 3.8) is 0 Å². The Balaban J connectivity index is 1.86. The van der Waals surface area contributed by atoms with Gasteiger partial charge in [0.05, 0.1) is 16.3 Å². The largest absolute Gasteiger partial charge is 0.478 e. The number of carboxylic acid groups (broad SMARTS) is 1. The zero-order chi connectivity index (χ0) is 26.3. The van der Waals surface area contributed by atoms with Crippen LogP contribution in [0.3, 0.4) is 0 Å². The Labute approximate surface area is 213 Å². The summed E-state index contributed by atoms with van der Waals surface area (Å²) in [6, 6.07) is 17.7. The topological polar surface area (TPSA) is 95.5 Å². The second-order valence-corrected chi connectivity index (χ2v) is 8.86. The summed E-state index contributed by atoms with van der Waals surface area (Å²) in [6.07, 6.45) is -3.05. The summed E-state index contributed by atoms with van der Waals surface area (Å²) in [5, 5.41) is 12.7. The molecule has 0 saturated carbocycles. The molecule has 36 heavy (non-hydrogen) atoms. The van der Waals surface area contributed by atoms with Gasteiger partial charge in [0.2, 0.25) is 11.8 Å². The van der Waals surface area contributed by atoms with Crippen LogP contribution in [-0.2, 0) is 20.6 Å². The Morgan fingerprint density at radius 3 is 2.31 bits per heavy atom. The van der Waals surface area contributed by atoms with Crippen LogP contribution in [0.15, 0.2) is 89.8 Å². The van der Waals surface area contributed by atoms with E-state index in [1.807, 2.05) is 0 Å². The fourth-order valence-electron chi connectivity index (χ4n) is 3.01. The molecule has 1 atom stereocenters. The molecule has 6 nitrogen and oxygen atoms in total. The molecule has 0 aromatic heterocycles. The summed E-state index contributed by atoms with van der Waals surface area (Å²) in [5.74, 6) is -2.53. The van der Waals surface area contributed by atoms with E-state index in [2.05, 4.69) is 10.6 Å². The van der Waals surface area contributed by atoms with Crippen LogP contribution in [0.1, 0.15) is 16.4 Å². The number of rotatable bonds is 8. The van der Waals surface area contributed by atoms with Gasteiger partial charge < -0.3 is 15.7 Å². The quantitative estimate of drug-likeness (QED) is 0.229. The molecule has 2 amide bonds. The lowest BCUT2D eigenvalue weighted by Gasteiger charge is -2.19. The average Bonchev–Trinajstić information content (AvgIpc) is 2.82. The molecule has 11 heteroatoms. The maximum atomic E-state index is 13.2. The number of thioether (sulfide) groups is 1. The Hall–Kier alpha value is -3.76. The van der Waals surface area contributed by atoms with Gasteiger partial charge in [0.1, 0.15) is 5.25 Å². The number of carboxylic acids is 1. The number of aliphatic carboxylic acids is 1. The second-order valence-electron chi connectivity index (χ2n) is 7.28. The van der Waals surface area contributed by atoms with Gasteiger partial charge in [-0.2, -0.15) is 13.2 Å². The van der Waals surface area contributed by atoms with Gasteiger partial charge in [0, 0.05) is 22.7 Å². The zero-order valence-corrected chi connectivity index (χ0v) is 19.8. The molecule has 3 rings (SSSR count). The minimum absolute atomic E-state index is 0.0488. The van der Waals surface area contributed by atoms with E-state index in [1.54, 1.807) is 54.6 Å². The molecule has 0 saturated heterocycles. The molecule has 0 aliphatic carbocycles. The van der Waals surface area contributed by atoms with Crippen LogP contribution in [0.25, 0.3) is 0 Å². The zero-order valence-electron chi connectivity index (χ0n) is 18.3. The van der Waals surface area contributed by atoms with Crippen LogP contribution in [0.4, 0.5) is 24.5 Å². The van der Waals surface area contributed by atoms with Gasteiger partial charge in [-0.25, -0.2) is 4.79 Å². The molecule has 3 N–H and O–H groups in total. The van der Waals surface area contributed by atoms with Crippen LogP contribution in [0.2, 0.25) is 5.02 Å². The highest BCUT2D eigenvalue weighted by molar-refractivity contribution is 8.00. The summed E-state index contributed by atoms with van der Waals surface area (Å²) in [4.78, 5) is 36.3. The van der Waals surface area contributed by atoms with E-state index in [-0.39, 0.29) is 10.7 Å². The number of amides is 2. The lowest BCUT2D eigenvalue weighted by Crippen LogP contribution is -2.20. The molecule has 3 aromatic rings. The van der Waals surface area contributed by atoms with Gasteiger partial charge in [0.15, 0.2) is 0 Å². The lowest BCUT2D eigenvalue weighted by molar-refractivity contribution is -0.137. The predicted molar refractivity (Wildman–Crippen MR) is 132 cm³/mol. The Morgan fingerprint density at radius 1 is 0.917 bits per heavy atom. The second kappa shape index (κ2) is 11.8. The minimum atomic E-state index is -4.61. The Bertz CT molecular complexity index is 1300. The van der Waals surface area contributed by atoms with Crippen molar-refractivity contribution in [3.8, 4) is 0 Å². The van der Waals surface area contributed by atoms with Crippen molar-refractivity contribution in [2.75, 3.05) is 10.6 Å². The summed E-state index contributed by atoms with van der Waals surface area (Å²) in [6.45, 7) is 0. The Kier molecular flexibility index (Phi) is 8.78. The van der Waals surface area contributed by atoms with Gasteiger partial charge >= 0.3 is 12.1 Å². The number of benzene rings is 3. The van der Waals surface area contributed by atoms with Gasteiger partial charge in [-0.15, -0.1) is 11.8 Å². The van der Waals surface area contributed by atoms with Gasteiger partial charge in [0.25, 0.3) is 0 Å². The fourth-order valence-corrected chi connectivity index (χ4v) is 4.26. The van der Waals surface area contributed by atoms with Crippen molar-refractivity contribution in [1.82, 2.24) is 0 Å². The van der Waals surface area contributed by atoms with Crippen molar-refractivity contribution in [1.29, 1.82) is 0 Å². The van der Waals surface area contributed by atoms with E-state index < -0.39 is 34.8 Å². The molecule has 0 radical (unpaired) electrons. The van der Waals surface area contributed by atoms with Crippen molar-refractivity contribution < 1.29 is 32.7 Å². The molecule has 186 valence electrons. The van der Waals surface area contributed by atoms with Crippen LogP contribution in [0.5, 0.6) is 0 Å². The smallest absolute Gasteiger partial charge is 0.416 e. The summed E-state index contributed by atoms with van der Waals surface area (Å²) in [7, 11) is 0. The molecule has 0 bridgehead atoms. The maximum Gasteiger partial charge on any atom is 0.416 e. The third kappa shape index (κ3) is 7.62. The molecular weight excluding hydrogens is 517 g/mol. The SMILES string of the molecule is O=C(O)/C=C/C(=O)Nc1cccc(SC(C(=O)Nc2cc(C(F)(F)F)ccc2Cl)c2ccccc2)c1. The Morgan fingerprint density at radius 2 is 1.64 bits per heavy atom. The highest BCUT2D eigenvalue weighted by Gasteiger charge is 2.31. The lowest BCUT2D eigenvalue weighted by atomic mass is 10.1. The first-order chi connectivity index (χ1) is 17.0. The van der Waals surface area contributed by atoms with Gasteiger partial charge in [-0.05, 0) is 42.0 Å². The fraction of sp³-hybridized carbons (Fsp3) is 0.0800. The highest BCUT2D eigenvalue weighted by atomic mass is 35.5. The van der Waals surface area contributed by atoms with Crippen LogP contribution in [-0.4, -0.2) is 22.9 Å². The van der Waals surface area contributed by atoms with Crippen molar-refractivity contribution in [2.45, 2.75) is 16.3 Å². The molecule has 1 unspecified atom stereocenters. The van der Waals surface area contributed by atoms with Crippen molar-refractivity contribution in [3.05, 3.63) is 101 Å². The molecule has 0 heterocycles. The number of halogens is 4. The van der Waals surface area contributed by atoms with Crippen LogP contribution >= 0.6 is 23.4 Å². The van der Waals surface area contributed by atoms with Gasteiger partial charge in [-0.1, -0.05) is 48.0 Å². The van der Waals surface area contributed by atoms with E-state index in [1.165, 1.54) is 0 Å². The third-order valence-corrected chi connectivity index (χ3v) is 6.20.